The summed E-state index contributed by atoms with van der Waals surface area (Å²) >= 11 is 0. The standard InChI is InChI=1S/C30H50O/c1-21-18-23(3)24(4)26(19-21)12-8-11-25-15-17-30(7)27(20-25)13-14-28(30)22(2)10-9-16-29(5,6)31/h8,11-12,21-23,25,27-28,31H,4,9-10,13-20H2,1-3,5-7H3/b11-8+,26-12-/t21-,22?,23-,25?,27?,28?,30?/m0/s1. The van der Waals surface area contributed by atoms with Gasteiger partial charge in [0.2, 0.25) is 0 Å². The molecule has 1 nitrogen and oxygen atoms in total. The first-order valence-electron chi connectivity index (χ1n) is 13.3. The zero-order chi connectivity index (χ0) is 22.8. The lowest BCUT2D eigenvalue weighted by Crippen LogP contribution is -2.37. The molecule has 3 aliphatic carbocycles. The van der Waals surface area contributed by atoms with Gasteiger partial charge in [0.05, 0.1) is 5.60 Å². The van der Waals surface area contributed by atoms with Gasteiger partial charge in [0.1, 0.15) is 0 Å². The molecular formula is C30H50O. The lowest BCUT2D eigenvalue weighted by atomic mass is 9.60. The van der Waals surface area contributed by atoms with Crippen LogP contribution in [0.25, 0.3) is 0 Å². The minimum absolute atomic E-state index is 0.512. The average molecular weight is 427 g/mol. The van der Waals surface area contributed by atoms with Gasteiger partial charge in [-0.1, -0.05) is 65.3 Å². The van der Waals surface area contributed by atoms with E-state index in [9.17, 15) is 5.11 Å². The molecule has 3 saturated carbocycles. The van der Waals surface area contributed by atoms with Crippen molar-refractivity contribution in [2.24, 2.45) is 40.9 Å². The second kappa shape index (κ2) is 9.98. The molecule has 1 N–H and O–H groups in total. The van der Waals surface area contributed by atoms with Crippen LogP contribution >= 0.6 is 0 Å². The molecule has 3 rings (SSSR count). The maximum absolute atomic E-state index is 10.0. The van der Waals surface area contributed by atoms with E-state index in [1.54, 1.807) is 0 Å². The van der Waals surface area contributed by atoms with E-state index in [4.69, 9.17) is 0 Å². The fourth-order valence-corrected chi connectivity index (χ4v) is 7.42. The van der Waals surface area contributed by atoms with Crippen LogP contribution in [0.2, 0.25) is 0 Å². The number of allylic oxidation sites excluding steroid dienone is 5. The molecule has 0 aromatic rings. The summed E-state index contributed by atoms with van der Waals surface area (Å²) in [6, 6.07) is 0. The Morgan fingerprint density at radius 3 is 2.65 bits per heavy atom. The van der Waals surface area contributed by atoms with Gasteiger partial charge in [-0.25, -0.2) is 0 Å². The van der Waals surface area contributed by atoms with E-state index in [2.05, 4.69) is 52.5 Å². The van der Waals surface area contributed by atoms with Gasteiger partial charge in [0.25, 0.3) is 0 Å². The Morgan fingerprint density at radius 1 is 1.19 bits per heavy atom. The second-order valence-corrected chi connectivity index (χ2v) is 12.7. The first-order valence-corrected chi connectivity index (χ1v) is 13.3. The monoisotopic (exact) mass is 426 g/mol. The topological polar surface area (TPSA) is 20.2 Å². The molecule has 176 valence electrons. The molecule has 3 aliphatic rings. The molecule has 0 aromatic heterocycles. The van der Waals surface area contributed by atoms with E-state index in [1.165, 1.54) is 62.5 Å². The summed E-state index contributed by atoms with van der Waals surface area (Å²) < 4.78 is 0. The molecule has 0 saturated heterocycles. The number of aliphatic hydroxyl groups is 1. The van der Waals surface area contributed by atoms with Crippen LogP contribution in [-0.2, 0) is 0 Å². The summed E-state index contributed by atoms with van der Waals surface area (Å²) in [5, 5.41) is 10.0. The second-order valence-electron chi connectivity index (χ2n) is 12.7. The Bertz CT molecular complexity index is 677. The van der Waals surface area contributed by atoms with Crippen LogP contribution in [0.3, 0.4) is 0 Å². The fraction of sp³-hybridized carbons (Fsp3) is 0.800. The fourth-order valence-electron chi connectivity index (χ4n) is 7.42. The number of rotatable bonds is 7. The van der Waals surface area contributed by atoms with Crippen LogP contribution in [0, 0.1) is 40.9 Å². The van der Waals surface area contributed by atoms with E-state index in [1.807, 2.05) is 13.8 Å². The molecule has 3 fully saturated rings. The van der Waals surface area contributed by atoms with Crippen molar-refractivity contribution >= 4 is 0 Å². The molecule has 0 amide bonds. The van der Waals surface area contributed by atoms with E-state index in [-0.39, 0.29) is 0 Å². The van der Waals surface area contributed by atoms with Crippen molar-refractivity contribution in [3.05, 3.63) is 36.0 Å². The minimum Gasteiger partial charge on any atom is -0.390 e. The van der Waals surface area contributed by atoms with Gasteiger partial charge in [-0.05, 0) is 117 Å². The predicted molar refractivity (Wildman–Crippen MR) is 135 cm³/mol. The molecular weight excluding hydrogens is 376 g/mol. The largest absolute Gasteiger partial charge is 0.390 e. The molecule has 5 unspecified atom stereocenters. The third-order valence-electron chi connectivity index (χ3n) is 9.39. The predicted octanol–water partition coefficient (Wildman–Crippen LogP) is 8.50. The number of hydrogen-bond donors (Lipinski definition) is 1. The van der Waals surface area contributed by atoms with Crippen LogP contribution < -0.4 is 0 Å². The molecule has 7 atom stereocenters. The van der Waals surface area contributed by atoms with Gasteiger partial charge < -0.3 is 5.11 Å². The first kappa shape index (κ1) is 24.8. The lowest BCUT2D eigenvalue weighted by Gasteiger charge is -2.45. The van der Waals surface area contributed by atoms with Crippen molar-refractivity contribution in [1.82, 2.24) is 0 Å². The Hall–Kier alpha value is -0.820. The van der Waals surface area contributed by atoms with Crippen LogP contribution in [0.4, 0.5) is 0 Å². The molecule has 0 aromatic carbocycles. The zero-order valence-electron chi connectivity index (χ0n) is 21.4. The Labute approximate surface area is 193 Å². The van der Waals surface area contributed by atoms with Gasteiger partial charge in [-0.15, -0.1) is 0 Å². The SMILES string of the molecule is C=C1/C(=C\C=C\C2CCC3(C)C(CCC3C(C)CCCC(C)(C)O)C2)C[C@@H](C)C[C@@H]1C. The Kier molecular flexibility index (Phi) is 7.99. The highest BCUT2D eigenvalue weighted by molar-refractivity contribution is 5.35. The van der Waals surface area contributed by atoms with E-state index < -0.39 is 5.60 Å². The maximum atomic E-state index is 10.0. The van der Waals surface area contributed by atoms with Crippen molar-refractivity contribution in [2.45, 2.75) is 111 Å². The highest BCUT2D eigenvalue weighted by atomic mass is 16.3. The minimum atomic E-state index is -0.512. The van der Waals surface area contributed by atoms with Crippen molar-refractivity contribution in [2.75, 3.05) is 0 Å². The number of hydrogen-bond acceptors (Lipinski definition) is 1. The Balaban J connectivity index is 1.54. The maximum Gasteiger partial charge on any atom is 0.0591 e. The summed E-state index contributed by atoms with van der Waals surface area (Å²) in [4.78, 5) is 0. The third kappa shape index (κ3) is 6.16. The van der Waals surface area contributed by atoms with Crippen molar-refractivity contribution in [3.8, 4) is 0 Å². The molecule has 31 heavy (non-hydrogen) atoms. The van der Waals surface area contributed by atoms with Crippen LogP contribution in [0.15, 0.2) is 36.0 Å². The summed E-state index contributed by atoms with van der Waals surface area (Å²) in [5.41, 5.74) is 2.89. The van der Waals surface area contributed by atoms with Gasteiger partial charge in [-0.3, -0.25) is 0 Å². The molecule has 0 bridgehead atoms. The van der Waals surface area contributed by atoms with Crippen molar-refractivity contribution in [3.63, 3.8) is 0 Å². The highest BCUT2D eigenvalue weighted by Crippen LogP contribution is 2.59. The number of fused-ring (bicyclic) bond motifs is 1. The molecule has 0 heterocycles. The average Bonchev–Trinajstić information content (AvgIpc) is 3.01. The highest BCUT2D eigenvalue weighted by Gasteiger charge is 2.50. The molecule has 0 spiro atoms. The van der Waals surface area contributed by atoms with Gasteiger partial charge in [-0.2, -0.15) is 0 Å². The normalized spacial score (nSPS) is 39.3. The summed E-state index contributed by atoms with van der Waals surface area (Å²) in [6.07, 6.45) is 20.1. The van der Waals surface area contributed by atoms with Crippen LogP contribution in [0.1, 0.15) is 106 Å². The molecule has 1 heteroatoms. The van der Waals surface area contributed by atoms with Gasteiger partial charge >= 0.3 is 0 Å². The summed E-state index contributed by atoms with van der Waals surface area (Å²) in [6.45, 7) is 18.1. The van der Waals surface area contributed by atoms with Gasteiger partial charge in [0.15, 0.2) is 0 Å². The first-order chi connectivity index (χ1) is 14.5. The van der Waals surface area contributed by atoms with E-state index in [0.717, 1.165) is 42.4 Å². The van der Waals surface area contributed by atoms with Crippen LogP contribution in [-0.4, -0.2) is 10.7 Å². The quantitative estimate of drug-likeness (QED) is 0.432. The molecule has 0 radical (unpaired) electrons. The molecule has 0 aliphatic heterocycles. The smallest absolute Gasteiger partial charge is 0.0591 e. The van der Waals surface area contributed by atoms with Crippen molar-refractivity contribution < 1.29 is 5.11 Å². The van der Waals surface area contributed by atoms with E-state index >= 15 is 0 Å². The Morgan fingerprint density at radius 2 is 1.94 bits per heavy atom. The summed E-state index contributed by atoms with van der Waals surface area (Å²) in [5.74, 6) is 4.74. The lowest BCUT2D eigenvalue weighted by molar-refractivity contribution is 0.0444. The third-order valence-corrected chi connectivity index (χ3v) is 9.39. The van der Waals surface area contributed by atoms with Gasteiger partial charge in [0, 0.05) is 0 Å². The summed E-state index contributed by atoms with van der Waals surface area (Å²) in [7, 11) is 0. The van der Waals surface area contributed by atoms with E-state index in [0.29, 0.717) is 11.3 Å². The van der Waals surface area contributed by atoms with Crippen molar-refractivity contribution in [1.29, 1.82) is 0 Å². The van der Waals surface area contributed by atoms with Crippen LogP contribution in [0.5, 0.6) is 0 Å². The zero-order valence-corrected chi connectivity index (χ0v) is 21.4.